The largest absolute Gasteiger partial charge is 0.386 e. The number of amidine groups is 1. The Kier molecular flexibility index (Phi) is 2.22. The topological polar surface area (TPSA) is 76.5 Å². The van der Waals surface area contributed by atoms with E-state index in [2.05, 4.69) is 20.2 Å². The second kappa shape index (κ2) is 3.53. The van der Waals surface area contributed by atoms with Crippen LogP contribution in [0.15, 0.2) is 22.5 Å². The van der Waals surface area contributed by atoms with Crippen LogP contribution in [-0.4, -0.2) is 21.5 Å². The number of aromatic nitrogens is 2. The van der Waals surface area contributed by atoms with Crippen molar-refractivity contribution in [2.75, 3.05) is 0 Å². The van der Waals surface area contributed by atoms with E-state index < -0.39 is 0 Å². The van der Waals surface area contributed by atoms with E-state index in [4.69, 9.17) is 5.73 Å². The molecule has 1 aliphatic rings. The smallest absolute Gasteiger partial charge is 0.125 e. The number of aryl methyl sites for hydroxylation is 1. The minimum absolute atomic E-state index is 0.583. The molecule has 0 aliphatic carbocycles. The SMILES string of the molecule is Cc1nccc(C2=NN=C(N)CC2)n1. The van der Waals surface area contributed by atoms with Gasteiger partial charge in [0.15, 0.2) is 0 Å². The third-order valence-electron chi connectivity index (χ3n) is 1.99. The number of hydrogen-bond acceptors (Lipinski definition) is 5. The van der Waals surface area contributed by atoms with Crippen molar-refractivity contribution in [3.63, 3.8) is 0 Å². The van der Waals surface area contributed by atoms with Crippen LogP contribution in [0.1, 0.15) is 24.4 Å². The van der Waals surface area contributed by atoms with Gasteiger partial charge in [-0.25, -0.2) is 9.97 Å². The minimum atomic E-state index is 0.583. The first-order valence-electron chi connectivity index (χ1n) is 4.44. The Morgan fingerprint density at radius 3 is 2.79 bits per heavy atom. The first-order chi connectivity index (χ1) is 6.75. The predicted octanol–water partition coefficient (Wildman–Crippen LogP) is 0.640. The molecule has 0 spiro atoms. The van der Waals surface area contributed by atoms with E-state index in [1.54, 1.807) is 6.20 Å². The maximum absolute atomic E-state index is 5.52. The number of hydrogen-bond donors (Lipinski definition) is 1. The van der Waals surface area contributed by atoms with Crippen molar-refractivity contribution in [2.45, 2.75) is 19.8 Å². The van der Waals surface area contributed by atoms with Crippen LogP contribution in [0.4, 0.5) is 0 Å². The average Bonchev–Trinajstić information content (AvgIpc) is 2.19. The van der Waals surface area contributed by atoms with E-state index in [9.17, 15) is 0 Å². The molecule has 14 heavy (non-hydrogen) atoms. The molecular weight excluding hydrogens is 178 g/mol. The Bertz CT molecular complexity index is 407. The summed E-state index contributed by atoms with van der Waals surface area (Å²) in [5.74, 6) is 1.33. The minimum Gasteiger partial charge on any atom is -0.386 e. The summed E-state index contributed by atoms with van der Waals surface area (Å²) in [6, 6.07) is 1.84. The highest BCUT2D eigenvalue weighted by atomic mass is 15.2. The summed E-state index contributed by atoms with van der Waals surface area (Å²) in [6.45, 7) is 1.85. The monoisotopic (exact) mass is 189 g/mol. The molecule has 2 heterocycles. The van der Waals surface area contributed by atoms with Gasteiger partial charge in [0.2, 0.25) is 0 Å². The molecule has 0 aromatic carbocycles. The lowest BCUT2D eigenvalue weighted by Gasteiger charge is -2.08. The second-order valence-electron chi connectivity index (χ2n) is 3.13. The Labute approximate surface area is 81.8 Å². The standard InChI is InChI=1S/C9H11N5/c1-6-11-5-4-7(12-6)8-2-3-9(10)14-13-8/h4-5H,2-3H2,1H3,(H2,10,14). The Morgan fingerprint density at radius 2 is 2.14 bits per heavy atom. The molecule has 0 saturated heterocycles. The zero-order valence-corrected chi connectivity index (χ0v) is 7.94. The first kappa shape index (κ1) is 8.80. The number of nitrogens with two attached hydrogens (primary N) is 1. The van der Waals surface area contributed by atoms with E-state index in [0.717, 1.165) is 30.1 Å². The quantitative estimate of drug-likeness (QED) is 0.704. The zero-order chi connectivity index (χ0) is 9.97. The van der Waals surface area contributed by atoms with Crippen LogP contribution in [0.5, 0.6) is 0 Å². The van der Waals surface area contributed by atoms with Crippen LogP contribution in [0, 0.1) is 6.92 Å². The first-order valence-corrected chi connectivity index (χ1v) is 4.44. The van der Waals surface area contributed by atoms with Crippen molar-refractivity contribution < 1.29 is 0 Å². The maximum atomic E-state index is 5.52. The van der Waals surface area contributed by atoms with Crippen LogP contribution in [0.3, 0.4) is 0 Å². The molecule has 1 aliphatic heterocycles. The van der Waals surface area contributed by atoms with E-state index in [0.29, 0.717) is 5.84 Å². The fourth-order valence-electron chi connectivity index (χ4n) is 1.27. The van der Waals surface area contributed by atoms with Crippen molar-refractivity contribution in [1.82, 2.24) is 9.97 Å². The fourth-order valence-corrected chi connectivity index (χ4v) is 1.27. The number of nitrogens with zero attached hydrogens (tertiary/aromatic N) is 4. The average molecular weight is 189 g/mol. The maximum Gasteiger partial charge on any atom is 0.125 e. The lowest BCUT2D eigenvalue weighted by atomic mass is 10.1. The molecule has 0 unspecified atom stereocenters. The molecule has 72 valence electrons. The molecule has 0 amide bonds. The highest BCUT2D eigenvalue weighted by Gasteiger charge is 2.10. The van der Waals surface area contributed by atoms with Gasteiger partial charge >= 0.3 is 0 Å². The van der Waals surface area contributed by atoms with Crippen LogP contribution >= 0.6 is 0 Å². The molecule has 5 heteroatoms. The van der Waals surface area contributed by atoms with Crippen LogP contribution < -0.4 is 5.73 Å². The van der Waals surface area contributed by atoms with Gasteiger partial charge < -0.3 is 5.73 Å². The van der Waals surface area contributed by atoms with Gasteiger partial charge in [0.1, 0.15) is 11.7 Å². The predicted molar refractivity (Wildman–Crippen MR) is 54.2 cm³/mol. The summed E-state index contributed by atoms with van der Waals surface area (Å²) in [4.78, 5) is 8.29. The normalized spacial score (nSPS) is 16.1. The molecule has 0 atom stereocenters. The van der Waals surface area contributed by atoms with E-state index in [1.165, 1.54) is 0 Å². The van der Waals surface area contributed by atoms with E-state index in [1.807, 2.05) is 13.0 Å². The van der Waals surface area contributed by atoms with Crippen LogP contribution in [-0.2, 0) is 0 Å². The summed E-state index contributed by atoms with van der Waals surface area (Å²) >= 11 is 0. The van der Waals surface area contributed by atoms with Crippen molar-refractivity contribution in [2.24, 2.45) is 15.9 Å². The van der Waals surface area contributed by atoms with E-state index >= 15 is 0 Å². The lowest BCUT2D eigenvalue weighted by Crippen LogP contribution is -2.18. The van der Waals surface area contributed by atoms with Gasteiger partial charge in [-0.05, 0) is 13.0 Å². The summed E-state index contributed by atoms with van der Waals surface area (Å²) in [6.07, 6.45) is 3.27. The van der Waals surface area contributed by atoms with Gasteiger partial charge in [-0.15, -0.1) is 5.10 Å². The van der Waals surface area contributed by atoms with Gasteiger partial charge in [-0.1, -0.05) is 0 Å². The molecule has 2 rings (SSSR count). The molecule has 0 fully saturated rings. The van der Waals surface area contributed by atoms with Crippen molar-refractivity contribution in [3.8, 4) is 0 Å². The van der Waals surface area contributed by atoms with Gasteiger partial charge in [0.25, 0.3) is 0 Å². The Hall–Kier alpha value is -1.78. The molecule has 0 saturated carbocycles. The summed E-state index contributed by atoms with van der Waals surface area (Å²) < 4.78 is 0. The molecule has 1 aromatic heterocycles. The van der Waals surface area contributed by atoms with Gasteiger partial charge in [0, 0.05) is 19.0 Å². The summed E-state index contributed by atoms with van der Waals surface area (Å²) in [7, 11) is 0. The van der Waals surface area contributed by atoms with Crippen LogP contribution in [0.2, 0.25) is 0 Å². The Balaban J connectivity index is 2.32. The molecular formula is C9H11N5. The van der Waals surface area contributed by atoms with Crippen molar-refractivity contribution in [3.05, 3.63) is 23.8 Å². The van der Waals surface area contributed by atoms with Gasteiger partial charge in [-0.3, -0.25) is 0 Å². The van der Waals surface area contributed by atoms with Crippen molar-refractivity contribution >= 4 is 11.5 Å². The van der Waals surface area contributed by atoms with Crippen LogP contribution in [0.25, 0.3) is 0 Å². The molecule has 0 bridgehead atoms. The second-order valence-corrected chi connectivity index (χ2v) is 3.13. The zero-order valence-electron chi connectivity index (χ0n) is 7.94. The molecule has 5 nitrogen and oxygen atoms in total. The molecule has 0 radical (unpaired) electrons. The van der Waals surface area contributed by atoms with Gasteiger partial charge in [0.05, 0.1) is 11.4 Å². The number of rotatable bonds is 1. The molecule has 1 aromatic rings. The van der Waals surface area contributed by atoms with Crippen molar-refractivity contribution in [1.29, 1.82) is 0 Å². The van der Waals surface area contributed by atoms with E-state index in [-0.39, 0.29) is 0 Å². The summed E-state index contributed by atoms with van der Waals surface area (Å²) in [5.41, 5.74) is 7.24. The highest BCUT2D eigenvalue weighted by Crippen LogP contribution is 2.08. The fraction of sp³-hybridized carbons (Fsp3) is 0.333. The molecule has 2 N–H and O–H groups in total. The Morgan fingerprint density at radius 1 is 1.29 bits per heavy atom. The third-order valence-corrected chi connectivity index (χ3v) is 1.99. The highest BCUT2D eigenvalue weighted by molar-refractivity contribution is 6.02. The summed E-state index contributed by atoms with van der Waals surface area (Å²) in [5, 5.41) is 7.85. The van der Waals surface area contributed by atoms with Gasteiger partial charge in [-0.2, -0.15) is 5.10 Å². The lowest BCUT2D eigenvalue weighted by molar-refractivity contribution is 0.986. The third kappa shape index (κ3) is 1.76.